The summed E-state index contributed by atoms with van der Waals surface area (Å²) in [4.78, 5) is 15.2. The topological polar surface area (TPSA) is 94.0 Å². The molecule has 1 aliphatic rings. The van der Waals surface area contributed by atoms with Crippen molar-refractivity contribution in [3.05, 3.63) is 42.7 Å². The molecular formula is C16H16N6O. The fourth-order valence-corrected chi connectivity index (χ4v) is 2.63. The van der Waals surface area contributed by atoms with E-state index in [0.29, 0.717) is 17.4 Å². The number of rotatable bonds is 3. The van der Waals surface area contributed by atoms with Crippen molar-refractivity contribution in [1.29, 1.82) is 0 Å². The highest BCUT2D eigenvalue weighted by Gasteiger charge is 2.20. The molecule has 0 radical (unpaired) electrons. The molecule has 0 saturated carbocycles. The van der Waals surface area contributed by atoms with Gasteiger partial charge < -0.3 is 15.2 Å². The van der Waals surface area contributed by atoms with Gasteiger partial charge in [0.05, 0.1) is 5.56 Å². The van der Waals surface area contributed by atoms with E-state index in [1.165, 1.54) is 0 Å². The van der Waals surface area contributed by atoms with E-state index in [2.05, 4.69) is 25.0 Å². The van der Waals surface area contributed by atoms with Gasteiger partial charge in [-0.25, -0.2) is 4.98 Å². The van der Waals surface area contributed by atoms with Crippen LogP contribution in [0.25, 0.3) is 23.0 Å². The predicted molar refractivity (Wildman–Crippen MR) is 85.6 cm³/mol. The van der Waals surface area contributed by atoms with Crippen LogP contribution in [0.5, 0.6) is 0 Å². The molecule has 0 spiro atoms. The first-order valence-corrected chi connectivity index (χ1v) is 7.52. The summed E-state index contributed by atoms with van der Waals surface area (Å²) in [7, 11) is 0. The van der Waals surface area contributed by atoms with Crippen LogP contribution >= 0.6 is 0 Å². The second-order valence-electron chi connectivity index (χ2n) is 5.54. The van der Waals surface area contributed by atoms with Crippen LogP contribution in [0.15, 0.2) is 47.2 Å². The van der Waals surface area contributed by atoms with E-state index in [9.17, 15) is 0 Å². The smallest absolute Gasteiger partial charge is 0.259 e. The largest absolute Gasteiger partial charge is 0.355 e. The lowest BCUT2D eigenvalue weighted by Crippen LogP contribution is -2.26. The van der Waals surface area contributed by atoms with Gasteiger partial charge in [0.15, 0.2) is 0 Å². The molecule has 0 aromatic carbocycles. The Morgan fingerprint density at radius 2 is 2.13 bits per heavy atom. The second kappa shape index (κ2) is 5.77. The first-order chi connectivity index (χ1) is 11.3. The SMILES string of the molecule is NC1CCN(c2ccc(-c3nc(-c4ccccn4)no3)cn2)C1. The van der Waals surface area contributed by atoms with Crippen molar-refractivity contribution in [3.8, 4) is 23.0 Å². The van der Waals surface area contributed by atoms with Crippen molar-refractivity contribution in [2.75, 3.05) is 18.0 Å². The van der Waals surface area contributed by atoms with Crippen LogP contribution in [0.3, 0.4) is 0 Å². The average molecular weight is 308 g/mol. The van der Waals surface area contributed by atoms with Crippen LogP contribution in [0.4, 0.5) is 5.82 Å². The van der Waals surface area contributed by atoms with Gasteiger partial charge in [0, 0.05) is 31.5 Å². The summed E-state index contributed by atoms with van der Waals surface area (Å²) >= 11 is 0. The van der Waals surface area contributed by atoms with E-state index in [1.807, 2.05) is 30.3 Å². The van der Waals surface area contributed by atoms with Crippen LogP contribution in [-0.4, -0.2) is 39.2 Å². The highest BCUT2D eigenvalue weighted by molar-refractivity contribution is 5.58. The minimum Gasteiger partial charge on any atom is -0.355 e. The fourth-order valence-electron chi connectivity index (χ4n) is 2.63. The van der Waals surface area contributed by atoms with Gasteiger partial charge in [-0.15, -0.1) is 0 Å². The third-order valence-electron chi connectivity index (χ3n) is 3.86. The molecule has 3 aromatic rings. The van der Waals surface area contributed by atoms with Crippen LogP contribution in [0.1, 0.15) is 6.42 Å². The molecule has 23 heavy (non-hydrogen) atoms. The molecular weight excluding hydrogens is 292 g/mol. The maximum atomic E-state index is 5.93. The normalized spacial score (nSPS) is 17.6. The van der Waals surface area contributed by atoms with Crippen LogP contribution in [0, 0.1) is 0 Å². The summed E-state index contributed by atoms with van der Waals surface area (Å²) in [5.74, 6) is 1.82. The Morgan fingerprint density at radius 1 is 1.17 bits per heavy atom. The highest BCUT2D eigenvalue weighted by Crippen LogP contribution is 2.23. The van der Waals surface area contributed by atoms with E-state index >= 15 is 0 Å². The molecule has 3 aromatic heterocycles. The zero-order valence-corrected chi connectivity index (χ0v) is 12.5. The lowest BCUT2D eigenvalue weighted by atomic mass is 10.2. The van der Waals surface area contributed by atoms with Crippen molar-refractivity contribution in [3.63, 3.8) is 0 Å². The number of hydrogen-bond donors (Lipinski definition) is 1. The highest BCUT2D eigenvalue weighted by atomic mass is 16.5. The van der Waals surface area contributed by atoms with E-state index in [1.54, 1.807) is 12.4 Å². The summed E-state index contributed by atoms with van der Waals surface area (Å²) in [6.45, 7) is 1.79. The van der Waals surface area contributed by atoms with Gasteiger partial charge in [0.1, 0.15) is 11.5 Å². The summed E-state index contributed by atoms with van der Waals surface area (Å²) in [6, 6.07) is 9.69. The first-order valence-electron chi connectivity index (χ1n) is 7.52. The maximum absolute atomic E-state index is 5.93. The number of nitrogens with zero attached hydrogens (tertiary/aromatic N) is 5. The van der Waals surface area contributed by atoms with E-state index in [-0.39, 0.29) is 6.04 Å². The standard InChI is InChI=1S/C16H16N6O/c17-12-6-8-22(10-12)14-5-4-11(9-19-14)16-20-15(21-23-16)13-3-1-2-7-18-13/h1-5,7,9,12H,6,8,10,17H2. The molecule has 2 N–H and O–H groups in total. The van der Waals surface area contributed by atoms with Gasteiger partial charge >= 0.3 is 0 Å². The van der Waals surface area contributed by atoms with Gasteiger partial charge in [-0.2, -0.15) is 4.98 Å². The molecule has 4 rings (SSSR count). The Hall–Kier alpha value is -2.80. The fraction of sp³-hybridized carbons (Fsp3) is 0.250. The van der Waals surface area contributed by atoms with Gasteiger partial charge in [-0.3, -0.25) is 4.98 Å². The number of nitrogens with two attached hydrogens (primary N) is 1. The van der Waals surface area contributed by atoms with Crippen molar-refractivity contribution < 1.29 is 4.52 Å². The quantitative estimate of drug-likeness (QED) is 0.787. The van der Waals surface area contributed by atoms with Crippen molar-refractivity contribution in [2.45, 2.75) is 12.5 Å². The van der Waals surface area contributed by atoms with Gasteiger partial charge in [-0.1, -0.05) is 11.2 Å². The third kappa shape index (κ3) is 2.78. The molecule has 7 heteroatoms. The summed E-state index contributed by atoms with van der Waals surface area (Å²) in [5, 5.41) is 3.97. The number of aromatic nitrogens is 4. The summed E-state index contributed by atoms with van der Waals surface area (Å²) < 4.78 is 5.31. The molecule has 4 heterocycles. The van der Waals surface area contributed by atoms with Crippen LogP contribution in [-0.2, 0) is 0 Å². The first kappa shape index (κ1) is 13.8. The van der Waals surface area contributed by atoms with Gasteiger partial charge in [0.2, 0.25) is 5.82 Å². The molecule has 0 bridgehead atoms. The monoisotopic (exact) mass is 308 g/mol. The van der Waals surface area contributed by atoms with E-state index in [4.69, 9.17) is 10.3 Å². The zero-order chi connectivity index (χ0) is 15.6. The van der Waals surface area contributed by atoms with Gasteiger partial charge in [0.25, 0.3) is 5.89 Å². The number of hydrogen-bond acceptors (Lipinski definition) is 7. The molecule has 0 aliphatic carbocycles. The van der Waals surface area contributed by atoms with Crippen LogP contribution in [0.2, 0.25) is 0 Å². The third-order valence-corrected chi connectivity index (χ3v) is 3.86. The Morgan fingerprint density at radius 3 is 2.83 bits per heavy atom. The van der Waals surface area contributed by atoms with Crippen molar-refractivity contribution in [2.24, 2.45) is 5.73 Å². The molecule has 1 fully saturated rings. The lowest BCUT2D eigenvalue weighted by molar-refractivity contribution is 0.432. The molecule has 1 atom stereocenters. The Kier molecular flexibility index (Phi) is 3.47. The predicted octanol–water partition coefficient (Wildman–Crippen LogP) is 1.73. The Bertz CT molecular complexity index is 786. The number of anilines is 1. The van der Waals surface area contributed by atoms with E-state index < -0.39 is 0 Å². The summed E-state index contributed by atoms with van der Waals surface area (Å²) in [5.41, 5.74) is 7.40. The average Bonchev–Trinajstić information content (AvgIpc) is 3.25. The zero-order valence-electron chi connectivity index (χ0n) is 12.5. The molecule has 7 nitrogen and oxygen atoms in total. The lowest BCUT2D eigenvalue weighted by Gasteiger charge is -2.16. The second-order valence-corrected chi connectivity index (χ2v) is 5.54. The minimum atomic E-state index is 0.230. The molecule has 1 saturated heterocycles. The van der Waals surface area contributed by atoms with E-state index in [0.717, 1.165) is 30.9 Å². The summed E-state index contributed by atoms with van der Waals surface area (Å²) in [6.07, 6.45) is 4.44. The number of pyridine rings is 2. The molecule has 1 aliphatic heterocycles. The Balaban J connectivity index is 1.56. The molecule has 0 amide bonds. The van der Waals surface area contributed by atoms with Crippen molar-refractivity contribution >= 4 is 5.82 Å². The minimum absolute atomic E-state index is 0.230. The molecule has 1 unspecified atom stereocenters. The van der Waals surface area contributed by atoms with Crippen molar-refractivity contribution in [1.82, 2.24) is 20.1 Å². The van der Waals surface area contributed by atoms with Crippen LogP contribution < -0.4 is 10.6 Å². The maximum Gasteiger partial charge on any atom is 0.259 e. The molecule has 116 valence electrons. The van der Waals surface area contributed by atoms with Gasteiger partial charge in [-0.05, 0) is 30.7 Å². The Labute approximate surface area is 133 Å².